The summed E-state index contributed by atoms with van der Waals surface area (Å²) >= 11 is 6.68. The standard InChI is InChI=1S/C25H31ClN4O.ClH/c1-4-5-13-29(15-17-9-10-17)25-20-7-6-8-22(20)27-24-23(16(2)28-30(24)25)19-12-11-18(31-3)14-21(19)26;/h11-12,14,17H,4-10,13,15H2,1-3H3;1H. The highest BCUT2D eigenvalue weighted by molar-refractivity contribution is 6.33. The average Bonchev–Trinajstić information content (AvgIpc) is 3.36. The molecule has 2 aliphatic rings. The second-order valence-corrected chi connectivity index (χ2v) is 9.41. The third-order valence-corrected chi connectivity index (χ3v) is 6.95. The lowest BCUT2D eigenvalue weighted by molar-refractivity contribution is 0.415. The molecule has 5 rings (SSSR count). The van der Waals surface area contributed by atoms with Crippen LogP contribution in [0.25, 0.3) is 16.8 Å². The molecule has 0 atom stereocenters. The number of halogens is 2. The molecule has 3 aromatic rings. The SMILES string of the molecule is CCCCN(CC1CC1)c1c2c(nc3c(-c4ccc(OC)cc4Cl)c(C)nn13)CCC2.Cl. The number of aryl methyl sites for hydroxylation is 2. The van der Waals surface area contributed by atoms with Crippen LogP contribution in [0.2, 0.25) is 5.02 Å². The molecule has 0 unspecified atom stereocenters. The van der Waals surface area contributed by atoms with E-state index in [4.69, 9.17) is 26.4 Å². The zero-order chi connectivity index (χ0) is 21.5. The van der Waals surface area contributed by atoms with Crippen LogP contribution in [0, 0.1) is 12.8 Å². The van der Waals surface area contributed by atoms with Crippen LogP contribution < -0.4 is 9.64 Å². The van der Waals surface area contributed by atoms with Gasteiger partial charge in [0.15, 0.2) is 5.65 Å². The first-order valence-electron chi connectivity index (χ1n) is 11.6. The van der Waals surface area contributed by atoms with Crippen molar-refractivity contribution in [3.8, 4) is 16.9 Å². The van der Waals surface area contributed by atoms with Crippen molar-refractivity contribution in [1.29, 1.82) is 0 Å². The van der Waals surface area contributed by atoms with Gasteiger partial charge in [-0.15, -0.1) is 12.4 Å². The molecule has 0 radical (unpaired) electrons. The van der Waals surface area contributed by atoms with Crippen molar-refractivity contribution in [2.75, 3.05) is 25.1 Å². The van der Waals surface area contributed by atoms with Gasteiger partial charge >= 0.3 is 0 Å². The van der Waals surface area contributed by atoms with E-state index in [0.717, 1.165) is 60.1 Å². The first-order chi connectivity index (χ1) is 15.1. The molecule has 0 spiro atoms. The highest BCUT2D eigenvalue weighted by atomic mass is 35.5. The number of methoxy groups -OCH3 is 1. The van der Waals surface area contributed by atoms with Crippen LogP contribution in [0.15, 0.2) is 18.2 Å². The first-order valence-corrected chi connectivity index (χ1v) is 12.0. The summed E-state index contributed by atoms with van der Waals surface area (Å²) in [6, 6.07) is 5.85. The van der Waals surface area contributed by atoms with E-state index in [9.17, 15) is 0 Å². The summed E-state index contributed by atoms with van der Waals surface area (Å²) in [4.78, 5) is 7.74. The number of unbranched alkanes of at least 4 members (excludes halogenated alkanes) is 1. The van der Waals surface area contributed by atoms with Crippen LogP contribution >= 0.6 is 24.0 Å². The smallest absolute Gasteiger partial charge is 0.165 e. The summed E-state index contributed by atoms with van der Waals surface area (Å²) < 4.78 is 7.47. The molecule has 0 bridgehead atoms. The lowest BCUT2D eigenvalue weighted by Gasteiger charge is -2.27. The van der Waals surface area contributed by atoms with E-state index in [1.54, 1.807) is 7.11 Å². The average molecular weight is 475 g/mol. The predicted octanol–water partition coefficient (Wildman–Crippen LogP) is 6.29. The molecule has 5 nitrogen and oxygen atoms in total. The molecule has 2 heterocycles. The highest BCUT2D eigenvalue weighted by Crippen LogP contribution is 2.40. The number of fused-ring (bicyclic) bond motifs is 2. The molecule has 1 aromatic carbocycles. The largest absolute Gasteiger partial charge is 0.497 e. The molecule has 7 heteroatoms. The summed E-state index contributed by atoms with van der Waals surface area (Å²) in [5, 5.41) is 5.70. The van der Waals surface area contributed by atoms with Gasteiger partial charge in [-0.1, -0.05) is 24.9 Å². The van der Waals surface area contributed by atoms with Crippen LogP contribution in [-0.4, -0.2) is 34.8 Å². The number of hydrogen-bond donors (Lipinski definition) is 0. The predicted molar refractivity (Wildman–Crippen MR) is 134 cm³/mol. The van der Waals surface area contributed by atoms with Crippen molar-refractivity contribution in [3.05, 3.63) is 40.2 Å². The fourth-order valence-corrected chi connectivity index (χ4v) is 5.09. The Hall–Kier alpha value is -1.98. The van der Waals surface area contributed by atoms with Gasteiger partial charge in [-0.3, -0.25) is 0 Å². The summed E-state index contributed by atoms with van der Waals surface area (Å²) in [5.41, 5.74) is 6.53. The van der Waals surface area contributed by atoms with Crippen LogP contribution in [0.5, 0.6) is 5.75 Å². The van der Waals surface area contributed by atoms with Crippen molar-refractivity contribution in [3.63, 3.8) is 0 Å². The maximum Gasteiger partial charge on any atom is 0.165 e. The Morgan fingerprint density at radius 2 is 2.06 bits per heavy atom. The summed E-state index contributed by atoms with van der Waals surface area (Å²) in [7, 11) is 1.66. The number of nitrogens with zero attached hydrogens (tertiary/aromatic N) is 4. The van der Waals surface area contributed by atoms with Gasteiger partial charge < -0.3 is 9.64 Å². The quantitative estimate of drug-likeness (QED) is 0.384. The molecular weight excluding hydrogens is 443 g/mol. The Balaban J connectivity index is 0.00000245. The van der Waals surface area contributed by atoms with Crippen LogP contribution in [0.4, 0.5) is 5.82 Å². The summed E-state index contributed by atoms with van der Waals surface area (Å²) in [6.45, 7) is 6.54. The first kappa shape index (κ1) is 23.2. The number of hydrogen-bond acceptors (Lipinski definition) is 4. The van der Waals surface area contributed by atoms with Gasteiger partial charge in [-0.25, -0.2) is 4.98 Å². The maximum absolute atomic E-state index is 6.68. The fourth-order valence-electron chi connectivity index (χ4n) is 4.82. The Labute approximate surface area is 201 Å². The minimum absolute atomic E-state index is 0. The van der Waals surface area contributed by atoms with E-state index < -0.39 is 0 Å². The minimum atomic E-state index is 0. The van der Waals surface area contributed by atoms with E-state index in [2.05, 4.69) is 23.3 Å². The maximum atomic E-state index is 6.68. The molecule has 0 aliphatic heterocycles. The van der Waals surface area contributed by atoms with Crippen molar-refractivity contribution in [2.45, 2.75) is 58.8 Å². The van der Waals surface area contributed by atoms with Gasteiger partial charge in [0.2, 0.25) is 0 Å². The molecule has 32 heavy (non-hydrogen) atoms. The van der Waals surface area contributed by atoms with Crippen LogP contribution in [-0.2, 0) is 12.8 Å². The number of benzene rings is 1. The second kappa shape index (κ2) is 9.48. The van der Waals surface area contributed by atoms with Crippen molar-refractivity contribution < 1.29 is 4.74 Å². The molecule has 0 saturated heterocycles. The summed E-state index contributed by atoms with van der Waals surface area (Å²) in [6.07, 6.45) is 8.41. The minimum Gasteiger partial charge on any atom is -0.497 e. The molecule has 172 valence electrons. The van der Waals surface area contributed by atoms with Gasteiger partial charge in [0.25, 0.3) is 0 Å². The van der Waals surface area contributed by atoms with Crippen molar-refractivity contribution in [1.82, 2.24) is 14.6 Å². The topological polar surface area (TPSA) is 42.7 Å². The lowest BCUT2D eigenvalue weighted by Crippen LogP contribution is -2.30. The van der Waals surface area contributed by atoms with Crippen LogP contribution in [0.1, 0.15) is 56.0 Å². The number of rotatable bonds is 8. The van der Waals surface area contributed by atoms with Crippen molar-refractivity contribution in [2.24, 2.45) is 5.92 Å². The molecule has 0 amide bonds. The third-order valence-electron chi connectivity index (χ3n) is 6.64. The van der Waals surface area contributed by atoms with E-state index in [1.165, 1.54) is 49.2 Å². The van der Waals surface area contributed by atoms with Gasteiger partial charge in [-0.05, 0) is 69.6 Å². The van der Waals surface area contributed by atoms with E-state index in [-0.39, 0.29) is 12.4 Å². The zero-order valence-electron chi connectivity index (χ0n) is 19.2. The molecule has 1 saturated carbocycles. The zero-order valence-corrected chi connectivity index (χ0v) is 20.7. The Morgan fingerprint density at radius 3 is 2.75 bits per heavy atom. The van der Waals surface area contributed by atoms with Gasteiger partial charge in [0.05, 0.1) is 23.4 Å². The molecule has 1 fully saturated rings. The van der Waals surface area contributed by atoms with E-state index in [0.29, 0.717) is 5.02 Å². The fraction of sp³-hybridized carbons (Fsp3) is 0.520. The van der Waals surface area contributed by atoms with Crippen LogP contribution in [0.3, 0.4) is 0 Å². The second-order valence-electron chi connectivity index (χ2n) is 9.00. The lowest BCUT2D eigenvalue weighted by atomic mass is 10.1. The summed E-state index contributed by atoms with van der Waals surface area (Å²) in [5.74, 6) is 2.86. The van der Waals surface area contributed by atoms with Gasteiger partial charge in [0.1, 0.15) is 11.6 Å². The molecule has 2 aromatic heterocycles. The number of anilines is 1. The number of ether oxygens (including phenoxy) is 1. The van der Waals surface area contributed by atoms with Gasteiger partial charge in [-0.2, -0.15) is 9.61 Å². The molecule has 0 N–H and O–H groups in total. The Kier molecular flexibility index (Phi) is 6.87. The molecular formula is C25H32Cl2N4O. The van der Waals surface area contributed by atoms with Gasteiger partial charge in [0, 0.05) is 29.9 Å². The van der Waals surface area contributed by atoms with E-state index >= 15 is 0 Å². The Bertz CT molecular complexity index is 1120. The van der Waals surface area contributed by atoms with Crippen molar-refractivity contribution >= 4 is 35.5 Å². The monoisotopic (exact) mass is 474 g/mol. The highest BCUT2D eigenvalue weighted by Gasteiger charge is 2.31. The normalized spacial score (nSPS) is 15.0. The number of aromatic nitrogens is 3. The third kappa shape index (κ3) is 4.17. The molecule has 2 aliphatic carbocycles. The Morgan fingerprint density at radius 1 is 1.25 bits per heavy atom. The van der Waals surface area contributed by atoms with E-state index in [1.807, 2.05) is 18.2 Å².